The van der Waals surface area contributed by atoms with Crippen molar-refractivity contribution in [3.05, 3.63) is 0 Å². The van der Waals surface area contributed by atoms with Gasteiger partial charge in [0.15, 0.2) is 0 Å². The molecule has 0 rings (SSSR count). The van der Waals surface area contributed by atoms with Gasteiger partial charge in [0, 0.05) is 23.7 Å². The molecule has 0 fully saturated rings. The molecular weight excluding hydrogens is 269 g/mol. The summed E-state index contributed by atoms with van der Waals surface area (Å²) in [5.74, 6) is 0. The average molecular weight is 298 g/mol. The number of aliphatic hydroxyl groups is 1. The van der Waals surface area contributed by atoms with Gasteiger partial charge >= 0.3 is 6.18 Å². The van der Waals surface area contributed by atoms with Crippen molar-refractivity contribution in [1.82, 2.24) is 10.2 Å². The zero-order valence-corrected chi connectivity index (χ0v) is 13.4. The Morgan fingerprint density at radius 2 is 1.60 bits per heavy atom. The van der Waals surface area contributed by atoms with Crippen molar-refractivity contribution in [2.24, 2.45) is 0 Å². The molecule has 0 aromatic heterocycles. The van der Waals surface area contributed by atoms with E-state index in [1.165, 1.54) is 4.90 Å². The van der Waals surface area contributed by atoms with Crippen molar-refractivity contribution in [2.75, 3.05) is 13.2 Å². The van der Waals surface area contributed by atoms with E-state index in [1.807, 2.05) is 20.8 Å². The number of alkyl halides is 3. The fraction of sp³-hybridized carbons (Fsp3) is 1.00. The predicted molar refractivity (Wildman–Crippen MR) is 75.7 cm³/mol. The smallest absolute Gasteiger partial charge is 0.394 e. The van der Waals surface area contributed by atoms with Crippen molar-refractivity contribution >= 4 is 0 Å². The Labute approximate surface area is 120 Å². The van der Waals surface area contributed by atoms with E-state index in [1.54, 1.807) is 20.8 Å². The standard InChI is InChI=1S/C14H29F3N2O/c1-10(2)18-13(6,9-20)7-12(5)19(11(3)4)8-14(15,16)17/h10-12,18,20H,7-9H2,1-6H3. The Kier molecular flexibility index (Phi) is 7.49. The molecule has 2 atom stereocenters. The molecule has 2 N–H and O–H groups in total. The van der Waals surface area contributed by atoms with E-state index in [4.69, 9.17) is 0 Å². The molecule has 0 bridgehead atoms. The van der Waals surface area contributed by atoms with Gasteiger partial charge in [-0.15, -0.1) is 0 Å². The maximum atomic E-state index is 12.6. The van der Waals surface area contributed by atoms with Gasteiger partial charge in [-0.3, -0.25) is 4.90 Å². The molecule has 0 aliphatic carbocycles. The Balaban J connectivity index is 4.85. The number of nitrogens with one attached hydrogen (secondary N) is 1. The number of nitrogens with zero attached hydrogens (tertiary/aromatic N) is 1. The fourth-order valence-corrected chi connectivity index (χ4v) is 2.69. The molecule has 20 heavy (non-hydrogen) atoms. The highest BCUT2D eigenvalue weighted by atomic mass is 19.4. The molecule has 0 saturated heterocycles. The van der Waals surface area contributed by atoms with E-state index in [0.717, 1.165) is 0 Å². The summed E-state index contributed by atoms with van der Waals surface area (Å²) < 4.78 is 37.9. The summed E-state index contributed by atoms with van der Waals surface area (Å²) in [6.45, 7) is 10.0. The van der Waals surface area contributed by atoms with Gasteiger partial charge in [-0.05, 0) is 34.1 Å². The zero-order valence-electron chi connectivity index (χ0n) is 13.4. The van der Waals surface area contributed by atoms with Gasteiger partial charge in [0.25, 0.3) is 0 Å². The minimum Gasteiger partial charge on any atom is -0.394 e. The fourth-order valence-electron chi connectivity index (χ4n) is 2.69. The first-order valence-corrected chi connectivity index (χ1v) is 7.11. The van der Waals surface area contributed by atoms with Crippen LogP contribution in [0.3, 0.4) is 0 Å². The lowest BCUT2D eigenvalue weighted by molar-refractivity contribution is -0.155. The van der Waals surface area contributed by atoms with Gasteiger partial charge in [0.05, 0.1) is 13.2 Å². The summed E-state index contributed by atoms with van der Waals surface area (Å²) in [6, 6.07) is -0.317. The van der Waals surface area contributed by atoms with Gasteiger partial charge in [-0.25, -0.2) is 0 Å². The molecule has 3 nitrogen and oxygen atoms in total. The molecule has 0 aromatic rings. The lowest BCUT2D eigenvalue weighted by atomic mass is 9.92. The summed E-state index contributed by atoms with van der Waals surface area (Å²) in [6.07, 6.45) is -3.75. The minimum absolute atomic E-state index is 0.104. The maximum absolute atomic E-state index is 12.6. The topological polar surface area (TPSA) is 35.5 Å². The first kappa shape index (κ1) is 19.7. The van der Waals surface area contributed by atoms with Gasteiger partial charge < -0.3 is 10.4 Å². The Hall–Kier alpha value is -0.330. The largest absolute Gasteiger partial charge is 0.401 e. The van der Waals surface area contributed by atoms with E-state index in [0.29, 0.717) is 6.42 Å². The van der Waals surface area contributed by atoms with E-state index in [9.17, 15) is 18.3 Å². The second-order valence-corrected chi connectivity index (χ2v) is 6.45. The van der Waals surface area contributed by atoms with Gasteiger partial charge in [-0.1, -0.05) is 13.8 Å². The predicted octanol–water partition coefficient (Wildman–Crippen LogP) is 2.79. The summed E-state index contributed by atoms with van der Waals surface area (Å²) in [7, 11) is 0. The Bertz CT molecular complexity index is 282. The second-order valence-electron chi connectivity index (χ2n) is 6.45. The maximum Gasteiger partial charge on any atom is 0.401 e. The van der Waals surface area contributed by atoms with Gasteiger partial charge in [0.1, 0.15) is 0 Å². The number of aliphatic hydroxyl groups excluding tert-OH is 1. The molecule has 122 valence electrons. The molecule has 0 saturated carbocycles. The first-order valence-electron chi connectivity index (χ1n) is 7.11. The number of hydrogen-bond acceptors (Lipinski definition) is 3. The van der Waals surface area contributed by atoms with Crippen LogP contribution in [0.2, 0.25) is 0 Å². The van der Waals surface area contributed by atoms with Crippen LogP contribution in [0.25, 0.3) is 0 Å². The quantitative estimate of drug-likeness (QED) is 0.723. The summed E-state index contributed by atoms with van der Waals surface area (Å²) in [5.41, 5.74) is -0.577. The van der Waals surface area contributed by atoms with Crippen LogP contribution in [-0.4, -0.2) is 53.0 Å². The normalized spacial score (nSPS) is 17.9. The van der Waals surface area contributed by atoms with Crippen molar-refractivity contribution in [3.63, 3.8) is 0 Å². The van der Waals surface area contributed by atoms with E-state index in [-0.39, 0.29) is 24.7 Å². The van der Waals surface area contributed by atoms with Crippen molar-refractivity contribution in [3.8, 4) is 0 Å². The van der Waals surface area contributed by atoms with Crippen LogP contribution in [0.15, 0.2) is 0 Å². The Morgan fingerprint density at radius 3 is 1.90 bits per heavy atom. The molecule has 0 aliphatic rings. The van der Waals surface area contributed by atoms with Crippen LogP contribution in [-0.2, 0) is 0 Å². The lowest BCUT2D eigenvalue weighted by Crippen LogP contribution is -2.54. The first-order chi connectivity index (χ1) is 8.90. The van der Waals surface area contributed by atoms with E-state index < -0.39 is 18.3 Å². The van der Waals surface area contributed by atoms with E-state index >= 15 is 0 Å². The molecular formula is C14H29F3N2O. The highest BCUT2D eigenvalue weighted by Gasteiger charge is 2.36. The highest BCUT2D eigenvalue weighted by molar-refractivity contribution is 4.89. The lowest BCUT2D eigenvalue weighted by Gasteiger charge is -2.40. The van der Waals surface area contributed by atoms with Gasteiger partial charge in [0.2, 0.25) is 0 Å². The number of rotatable bonds is 8. The second kappa shape index (κ2) is 7.61. The van der Waals surface area contributed by atoms with Crippen LogP contribution in [0.1, 0.15) is 48.0 Å². The average Bonchev–Trinajstić information content (AvgIpc) is 2.22. The summed E-state index contributed by atoms with van der Waals surface area (Å²) >= 11 is 0. The third-order valence-corrected chi connectivity index (χ3v) is 3.32. The molecule has 0 spiro atoms. The van der Waals surface area contributed by atoms with E-state index in [2.05, 4.69) is 5.32 Å². The minimum atomic E-state index is -4.21. The summed E-state index contributed by atoms with van der Waals surface area (Å²) in [4.78, 5) is 1.43. The van der Waals surface area contributed by atoms with Gasteiger partial charge in [-0.2, -0.15) is 13.2 Å². The van der Waals surface area contributed by atoms with Crippen LogP contribution in [0.5, 0.6) is 0 Å². The van der Waals surface area contributed by atoms with Crippen LogP contribution in [0.4, 0.5) is 13.2 Å². The van der Waals surface area contributed by atoms with Crippen molar-refractivity contribution < 1.29 is 18.3 Å². The Morgan fingerprint density at radius 1 is 1.10 bits per heavy atom. The van der Waals surface area contributed by atoms with Crippen LogP contribution >= 0.6 is 0 Å². The third-order valence-electron chi connectivity index (χ3n) is 3.32. The summed E-state index contributed by atoms with van der Waals surface area (Å²) in [5, 5.41) is 12.8. The van der Waals surface area contributed by atoms with Crippen LogP contribution in [0, 0.1) is 0 Å². The molecule has 0 aliphatic heterocycles. The number of halogens is 3. The molecule has 0 radical (unpaired) electrons. The highest BCUT2D eigenvalue weighted by Crippen LogP contribution is 2.24. The molecule has 0 amide bonds. The van der Waals surface area contributed by atoms with Crippen molar-refractivity contribution in [1.29, 1.82) is 0 Å². The molecule has 6 heteroatoms. The molecule has 0 heterocycles. The zero-order chi connectivity index (χ0) is 16.1. The number of hydrogen-bond donors (Lipinski definition) is 2. The third kappa shape index (κ3) is 7.45. The van der Waals surface area contributed by atoms with Crippen molar-refractivity contribution in [2.45, 2.75) is 77.8 Å². The SMILES string of the molecule is CC(C)NC(C)(CO)CC(C)N(CC(F)(F)F)C(C)C. The molecule has 2 unspecified atom stereocenters. The molecule has 0 aromatic carbocycles. The van der Waals surface area contributed by atoms with Crippen LogP contribution < -0.4 is 5.32 Å². The monoisotopic (exact) mass is 298 g/mol.